The number of nitrogens with zero attached hydrogens (tertiary/aromatic N) is 2. The van der Waals surface area contributed by atoms with Crippen molar-refractivity contribution in [3.8, 4) is 0 Å². The normalized spacial score (nSPS) is 11.2. The van der Waals surface area contributed by atoms with Gasteiger partial charge in [0.1, 0.15) is 0 Å². The van der Waals surface area contributed by atoms with Gasteiger partial charge in [-0.3, -0.25) is 4.99 Å². The Morgan fingerprint density at radius 3 is 2.69 bits per heavy atom. The third kappa shape index (κ3) is 4.11. The Hall–Kier alpha value is -3.66. The lowest BCUT2D eigenvalue weighted by atomic mass is 10.1. The molecule has 0 saturated carbocycles. The molecule has 29 heavy (non-hydrogen) atoms. The van der Waals surface area contributed by atoms with Crippen molar-refractivity contribution >= 4 is 28.8 Å². The second-order valence-corrected chi connectivity index (χ2v) is 7.02. The fourth-order valence-electron chi connectivity index (χ4n) is 3.47. The minimum Gasteiger partial charge on any atom is -0.465 e. The molecule has 1 heterocycles. The molecule has 4 heteroatoms. The van der Waals surface area contributed by atoms with Gasteiger partial charge in [-0.1, -0.05) is 42.5 Å². The minimum absolute atomic E-state index is 0.324. The molecule has 0 spiro atoms. The van der Waals surface area contributed by atoms with Gasteiger partial charge in [0.15, 0.2) is 0 Å². The number of aryl methyl sites for hydroxylation is 1. The molecule has 0 bridgehead atoms. The molecule has 0 N–H and O–H groups in total. The molecular weight excluding hydrogens is 360 g/mol. The Kier molecular flexibility index (Phi) is 5.25. The van der Waals surface area contributed by atoms with E-state index in [9.17, 15) is 4.79 Å². The summed E-state index contributed by atoms with van der Waals surface area (Å²) >= 11 is 0. The van der Waals surface area contributed by atoms with Crippen molar-refractivity contribution in [2.75, 3.05) is 7.11 Å². The maximum absolute atomic E-state index is 11.8. The third-order valence-electron chi connectivity index (χ3n) is 4.87. The number of benzene rings is 3. The number of carbonyl (C=O) groups excluding carboxylic acids is 1. The SMILES string of the molecule is COC(=O)c1cccc(Cn2cc(C=Nc3cccc(C)c3)c3ccccc32)c1. The standard InChI is InChI=1S/C25H22N2O2/c1-18-7-5-10-22(13-18)26-15-21-17-27(24-12-4-3-11-23(21)24)16-19-8-6-9-20(14-19)25(28)29-2/h3-15,17H,16H2,1-2H3. The van der Waals surface area contributed by atoms with Gasteiger partial charge in [0.05, 0.1) is 18.4 Å². The summed E-state index contributed by atoms with van der Waals surface area (Å²) in [6.07, 6.45) is 4.02. The summed E-state index contributed by atoms with van der Waals surface area (Å²) in [5.41, 5.74) is 5.91. The van der Waals surface area contributed by atoms with E-state index >= 15 is 0 Å². The first kappa shape index (κ1) is 18.7. The molecule has 3 aromatic carbocycles. The first-order valence-electron chi connectivity index (χ1n) is 9.50. The molecule has 0 amide bonds. The molecule has 1 aromatic heterocycles. The van der Waals surface area contributed by atoms with Crippen LogP contribution in [0.4, 0.5) is 5.69 Å². The van der Waals surface area contributed by atoms with Crippen molar-refractivity contribution in [1.29, 1.82) is 0 Å². The number of fused-ring (bicyclic) bond motifs is 1. The van der Waals surface area contributed by atoms with Crippen LogP contribution in [-0.2, 0) is 11.3 Å². The van der Waals surface area contributed by atoms with Gasteiger partial charge in [-0.25, -0.2) is 4.79 Å². The van der Waals surface area contributed by atoms with Gasteiger partial charge in [0.25, 0.3) is 0 Å². The van der Waals surface area contributed by atoms with Crippen LogP contribution in [0.1, 0.15) is 27.0 Å². The fraction of sp³-hybridized carbons (Fsp3) is 0.120. The van der Waals surface area contributed by atoms with E-state index in [-0.39, 0.29) is 5.97 Å². The Bertz CT molecular complexity index is 1200. The third-order valence-corrected chi connectivity index (χ3v) is 4.87. The maximum atomic E-state index is 11.8. The molecule has 0 aliphatic carbocycles. The van der Waals surface area contributed by atoms with Crippen LogP contribution < -0.4 is 0 Å². The van der Waals surface area contributed by atoms with E-state index in [1.54, 1.807) is 6.07 Å². The Morgan fingerprint density at radius 1 is 1.03 bits per heavy atom. The van der Waals surface area contributed by atoms with Crippen molar-refractivity contribution < 1.29 is 9.53 Å². The average molecular weight is 382 g/mol. The number of rotatable bonds is 5. The number of aliphatic imine (C=N–C) groups is 1. The first-order chi connectivity index (χ1) is 14.1. The summed E-state index contributed by atoms with van der Waals surface area (Å²) < 4.78 is 7.02. The summed E-state index contributed by atoms with van der Waals surface area (Å²) in [5.74, 6) is -0.324. The number of para-hydroxylation sites is 1. The zero-order valence-corrected chi connectivity index (χ0v) is 16.5. The Morgan fingerprint density at radius 2 is 1.86 bits per heavy atom. The predicted octanol–water partition coefficient (Wildman–Crippen LogP) is 5.54. The lowest BCUT2D eigenvalue weighted by molar-refractivity contribution is 0.0600. The molecule has 144 valence electrons. The molecule has 0 aliphatic heterocycles. The molecule has 4 aromatic rings. The molecular formula is C25H22N2O2. The summed E-state index contributed by atoms with van der Waals surface area (Å²) in [4.78, 5) is 16.5. The molecule has 0 saturated heterocycles. The topological polar surface area (TPSA) is 43.6 Å². The largest absolute Gasteiger partial charge is 0.465 e. The molecule has 0 atom stereocenters. The number of ether oxygens (including phenoxy) is 1. The van der Waals surface area contributed by atoms with Crippen molar-refractivity contribution in [3.05, 3.63) is 101 Å². The highest BCUT2D eigenvalue weighted by Gasteiger charge is 2.09. The van der Waals surface area contributed by atoms with Gasteiger partial charge >= 0.3 is 5.97 Å². The highest BCUT2D eigenvalue weighted by atomic mass is 16.5. The van der Waals surface area contributed by atoms with E-state index < -0.39 is 0 Å². The van der Waals surface area contributed by atoms with Gasteiger partial charge in [0, 0.05) is 35.4 Å². The van der Waals surface area contributed by atoms with Crippen LogP contribution in [-0.4, -0.2) is 23.9 Å². The molecule has 4 nitrogen and oxygen atoms in total. The zero-order chi connectivity index (χ0) is 20.2. The van der Waals surface area contributed by atoms with Crippen molar-refractivity contribution in [2.24, 2.45) is 4.99 Å². The van der Waals surface area contributed by atoms with Crippen LogP contribution in [0.25, 0.3) is 10.9 Å². The van der Waals surface area contributed by atoms with Crippen LogP contribution in [0.5, 0.6) is 0 Å². The quantitative estimate of drug-likeness (QED) is 0.336. The van der Waals surface area contributed by atoms with E-state index in [2.05, 4.69) is 46.9 Å². The van der Waals surface area contributed by atoms with E-state index in [0.29, 0.717) is 12.1 Å². The van der Waals surface area contributed by atoms with Crippen LogP contribution in [0.2, 0.25) is 0 Å². The van der Waals surface area contributed by atoms with Crippen molar-refractivity contribution in [2.45, 2.75) is 13.5 Å². The monoisotopic (exact) mass is 382 g/mol. The smallest absolute Gasteiger partial charge is 0.337 e. The highest BCUT2D eigenvalue weighted by molar-refractivity contribution is 6.00. The van der Waals surface area contributed by atoms with E-state index in [1.807, 2.05) is 48.7 Å². The molecule has 0 fully saturated rings. The second-order valence-electron chi connectivity index (χ2n) is 7.02. The van der Waals surface area contributed by atoms with Gasteiger partial charge in [-0.2, -0.15) is 0 Å². The number of esters is 1. The van der Waals surface area contributed by atoms with Crippen LogP contribution in [0.15, 0.2) is 84.0 Å². The van der Waals surface area contributed by atoms with E-state index in [1.165, 1.54) is 12.7 Å². The Labute approximate surface area is 170 Å². The second kappa shape index (κ2) is 8.15. The number of methoxy groups -OCH3 is 1. The highest BCUT2D eigenvalue weighted by Crippen LogP contribution is 2.23. The number of carbonyl (C=O) groups is 1. The van der Waals surface area contributed by atoms with Crippen molar-refractivity contribution in [3.63, 3.8) is 0 Å². The van der Waals surface area contributed by atoms with Crippen LogP contribution >= 0.6 is 0 Å². The average Bonchev–Trinajstić information content (AvgIpc) is 3.09. The van der Waals surface area contributed by atoms with Gasteiger partial charge < -0.3 is 9.30 Å². The summed E-state index contributed by atoms with van der Waals surface area (Å²) in [5, 5.41) is 1.15. The van der Waals surface area contributed by atoms with Crippen molar-refractivity contribution in [1.82, 2.24) is 4.57 Å². The zero-order valence-electron chi connectivity index (χ0n) is 16.5. The van der Waals surface area contributed by atoms with E-state index in [0.717, 1.165) is 27.7 Å². The van der Waals surface area contributed by atoms with Crippen LogP contribution in [0, 0.1) is 6.92 Å². The summed E-state index contributed by atoms with van der Waals surface area (Å²) in [7, 11) is 1.40. The van der Waals surface area contributed by atoms with Gasteiger partial charge in [-0.15, -0.1) is 0 Å². The lowest BCUT2D eigenvalue weighted by Crippen LogP contribution is -2.03. The maximum Gasteiger partial charge on any atom is 0.337 e. The lowest BCUT2D eigenvalue weighted by Gasteiger charge is -2.07. The summed E-state index contributed by atoms with van der Waals surface area (Å²) in [6, 6.07) is 24.0. The fourth-order valence-corrected chi connectivity index (χ4v) is 3.47. The van der Waals surface area contributed by atoms with Gasteiger partial charge in [-0.05, 0) is 48.4 Å². The van der Waals surface area contributed by atoms with Crippen LogP contribution in [0.3, 0.4) is 0 Å². The first-order valence-corrected chi connectivity index (χ1v) is 9.50. The molecule has 4 rings (SSSR count). The summed E-state index contributed by atoms with van der Waals surface area (Å²) in [6.45, 7) is 2.72. The van der Waals surface area contributed by atoms with E-state index in [4.69, 9.17) is 4.74 Å². The van der Waals surface area contributed by atoms with Gasteiger partial charge in [0.2, 0.25) is 0 Å². The number of hydrogen-bond acceptors (Lipinski definition) is 3. The number of aromatic nitrogens is 1. The molecule has 0 aliphatic rings. The Balaban J connectivity index is 1.69. The molecule has 0 unspecified atom stereocenters. The number of hydrogen-bond donors (Lipinski definition) is 0. The molecule has 0 radical (unpaired) electrons. The predicted molar refractivity (Wildman–Crippen MR) is 117 cm³/mol. The minimum atomic E-state index is -0.324.